The molecule has 0 aromatic carbocycles. The van der Waals surface area contributed by atoms with E-state index in [1.807, 2.05) is 13.8 Å². The summed E-state index contributed by atoms with van der Waals surface area (Å²) in [6.07, 6.45) is 0.186. The zero-order valence-electron chi connectivity index (χ0n) is 6.37. The van der Waals surface area contributed by atoms with E-state index in [9.17, 15) is 0 Å². The van der Waals surface area contributed by atoms with Crippen LogP contribution in [0.2, 0.25) is 3.93 Å². The molecule has 0 amide bonds. The second-order valence-corrected chi connectivity index (χ2v) is 4.67. The Morgan fingerprint density at radius 1 is 1.30 bits per heavy atom. The van der Waals surface area contributed by atoms with Crippen LogP contribution in [0.3, 0.4) is 0 Å². The summed E-state index contributed by atoms with van der Waals surface area (Å²) in [5, 5.41) is 0. The molecule has 0 spiro atoms. The van der Waals surface area contributed by atoms with Gasteiger partial charge in [0.1, 0.15) is 0 Å². The van der Waals surface area contributed by atoms with Gasteiger partial charge >= 0.3 is 76.9 Å². The predicted octanol–water partition coefficient (Wildman–Crippen LogP) is 1.03. The Hall–Kier alpha value is 0.815. The van der Waals surface area contributed by atoms with Crippen molar-refractivity contribution in [3.63, 3.8) is 0 Å². The maximum atomic E-state index is 5.45. The van der Waals surface area contributed by atoms with E-state index in [1.54, 1.807) is 0 Å². The van der Waals surface area contributed by atoms with E-state index in [0.717, 1.165) is 30.1 Å². The molecule has 4 heteroatoms. The minimum atomic E-state index is -0.190. The van der Waals surface area contributed by atoms with E-state index >= 15 is 0 Å². The van der Waals surface area contributed by atoms with Gasteiger partial charge in [-0.15, -0.1) is 0 Å². The summed E-state index contributed by atoms with van der Waals surface area (Å²) < 4.78 is 6.61. The van der Waals surface area contributed by atoms with Crippen molar-refractivity contribution in [3.8, 4) is 0 Å². The van der Waals surface area contributed by atoms with Crippen molar-refractivity contribution in [1.82, 2.24) is 0 Å². The van der Waals surface area contributed by atoms with Crippen molar-refractivity contribution >= 4 is 0 Å². The van der Waals surface area contributed by atoms with Gasteiger partial charge in [0.05, 0.1) is 0 Å². The van der Waals surface area contributed by atoms with Crippen molar-refractivity contribution in [2.75, 3.05) is 0 Å². The standard InChI is InChI=1S/C6H11O3.Hg/c1-4-5(2)8-9-6(3)7-4;/h4-6H,1H2,2-3H3;/t4-,5?,6+;/m0./s1. The molecule has 3 atom stereocenters. The van der Waals surface area contributed by atoms with E-state index < -0.39 is 0 Å². The van der Waals surface area contributed by atoms with Gasteiger partial charge in [-0.3, -0.25) is 0 Å². The van der Waals surface area contributed by atoms with E-state index in [4.69, 9.17) is 14.5 Å². The normalized spacial score (nSPS) is 41.8. The fraction of sp³-hybridized carbons (Fsp3) is 1.00. The van der Waals surface area contributed by atoms with Crippen LogP contribution in [0.5, 0.6) is 0 Å². The second-order valence-electron chi connectivity index (χ2n) is 2.43. The minimum absolute atomic E-state index is 0.105. The molecule has 1 saturated heterocycles. The molecule has 0 aromatic rings. The first-order valence-electron chi connectivity index (χ1n) is 3.51. The van der Waals surface area contributed by atoms with Crippen LogP contribution in [-0.2, 0) is 40.6 Å². The van der Waals surface area contributed by atoms with E-state index in [1.165, 1.54) is 0 Å². The van der Waals surface area contributed by atoms with Crippen molar-refractivity contribution in [1.29, 1.82) is 0 Å². The molecule has 0 N–H and O–H groups in total. The monoisotopic (exact) mass is 333 g/mol. The Balaban J connectivity index is 2.38. The molecule has 0 bridgehead atoms. The molecule has 1 fully saturated rings. The average molecular weight is 332 g/mol. The number of ether oxygens (including phenoxy) is 1. The fourth-order valence-electron chi connectivity index (χ4n) is 0.910. The SMILES string of the molecule is CC1OO[C@H](C)O[C@H]1[CH2][Hg]. The molecule has 0 aliphatic carbocycles. The summed E-state index contributed by atoms with van der Waals surface area (Å²) >= 11 is 0.780. The quantitative estimate of drug-likeness (QED) is 0.531. The number of hydrogen-bond acceptors (Lipinski definition) is 3. The molecule has 0 radical (unpaired) electrons. The van der Waals surface area contributed by atoms with E-state index in [2.05, 4.69) is 0 Å². The molecule has 3 nitrogen and oxygen atoms in total. The van der Waals surface area contributed by atoms with Gasteiger partial charge in [0.25, 0.3) is 0 Å². The van der Waals surface area contributed by atoms with Crippen molar-refractivity contribution in [3.05, 3.63) is 0 Å². The molecule has 0 aromatic heterocycles. The molecule has 1 heterocycles. The topological polar surface area (TPSA) is 27.7 Å². The number of rotatable bonds is 1. The first-order valence-corrected chi connectivity index (χ1v) is 7.39. The molecule has 10 heavy (non-hydrogen) atoms. The Bertz CT molecular complexity index is 109. The van der Waals surface area contributed by atoms with Crippen molar-refractivity contribution in [2.24, 2.45) is 0 Å². The summed E-state index contributed by atoms with van der Waals surface area (Å²) in [6.45, 7) is 3.83. The molecular weight excluding hydrogens is 321 g/mol. The molecule has 1 unspecified atom stereocenters. The first kappa shape index (κ1) is 8.91. The van der Waals surface area contributed by atoms with Gasteiger partial charge in [-0.2, -0.15) is 0 Å². The van der Waals surface area contributed by atoms with E-state index in [0.29, 0.717) is 0 Å². The van der Waals surface area contributed by atoms with Gasteiger partial charge in [-0.1, -0.05) is 0 Å². The van der Waals surface area contributed by atoms with Gasteiger partial charge in [-0.25, -0.2) is 0 Å². The molecule has 1 aliphatic heterocycles. The maximum absolute atomic E-state index is 5.45. The molecular formula is C6H11HgO3. The summed E-state index contributed by atoms with van der Waals surface area (Å²) in [6, 6.07) is 0. The summed E-state index contributed by atoms with van der Waals surface area (Å²) in [5.74, 6) is 0. The van der Waals surface area contributed by atoms with Crippen molar-refractivity contribution in [2.45, 2.75) is 36.3 Å². The van der Waals surface area contributed by atoms with Crippen LogP contribution < -0.4 is 0 Å². The van der Waals surface area contributed by atoms with Gasteiger partial charge in [0.15, 0.2) is 0 Å². The summed E-state index contributed by atoms with van der Waals surface area (Å²) in [4.78, 5) is 9.82. The van der Waals surface area contributed by atoms with Crippen LogP contribution in [-0.4, -0.2) is 18.5 Å². The average Bonchev–Trinajstić information content (AvgIpc) is 1.94. The van der Waals surface area contributed by atoms with Gasteiger partial charge in [0.2, 0.25) is 0 Å². The molecule has 1 rings (SSSR count). The molecule has 55 valence electrons. The third kappa shape index (κ3) is 2.15. The molecule has 0 saturated carbocycles. The van der Waals surface area contributed by atoms with Crippen LogP contribution in [0.15, 0.2) is 0 Å². The van der Waals surface area contributed by atoms with Crippen LogP contribution in [0.1, 0.15) is 13.8 Å². The Kier molecular flexibility index (Phi) is 3.56. The van der Waals surface area contributed by atoms with Gasteiger partial charge in [0, 0.05) is 0 Å². The first-order chi connectivity index (χ1) is 4.74. The van der Waals surface area contributed by atoms with Crippen molar-refractivity contribution < 1.29 is 40.6 Å². The van der Waals surface area contributed by atoms with Crippen LogP contribution in [0, 0.1) is 0 Å². The predicted molar refractivity (Wildman–Crippen MR) is 30.8 cm³/mol. The van der Waals surface area contributed by atoms with Crippen LogP contribution in [0.4, 0.5) is 0 Å². The summed E-state index contributed by atoms with van der Waals surface area (Å²) in [7, 11) is 0. The fourth-order valence-corrected chi connectivity index (χ4v) is 3.26. The molecule has 1 aliphatic rings. The number of hydrogen-bond donors (Lipinski definition) is 0. The third-order valence-electron chi connectivity index (χ3n) is 1.52. The zero-order chi connectivity index (χ0) is 7.56. The third-order valence-corrected chi connectivity index (χ3v) is 3.73. The Morgan fingerprint density at radius 2 is 2.00 bits per heavy atom. The van der Waals surface area contributed by atoms with Crippen LogP contribution in [0.25, 0.3) is 0 Å². The zero-order valence-corrected chi connectivity index (χ0v) is 11.9. The van der Waals surface area contributed by atoms with Crippen LogP contribution >= 0.6 is 0 Å². The Morgan fingerprint density at radius 3 is 2.50 bits per heavy atom. The van der Waals surface area contributed by atoms with Gasteiger partial charge < -0.3 is 0 Å². The Labute approximate surface area is 76.9 Å². The van der Waals surface area contributed by atoms with Gasteiger partial charge in [-0.05, 0) is 0 Å². The summed E-state index contributed by atoms with van der Waals surface area (Å²) in [5.41, 5.74) is 0. The van der Waals surface area contributed by atoms with E-state index in [-0.39, 0.29) is 18.5 Å². The second kappa shape index (κ2) is 4.00.